The van der Waals surface area contributed by atoms with Crippen molar-refractivity contribution in [3.05, 3.63) is 90.1 Å². The van der Waals surface area contributed by atoms with Gasteiger partial charge in [0.2, 0.25) is 0 Å². The van der Waals surface area contributed by atoms with E-state index in [1.165, 1.54) is 15.4 Å². The maximum Gasteiger partial charge on any atom is 0.0726 e. The number of aromatic nitrogens is 1. The number of hydrogen-bond acceptors (Lipinski definition) is 3. The molecule has 0 radical (unpaired) electrons. The molecule has 1 heterocycles. The van der Waals surface area contributed by atoms with Crippen LogP contribution in [0.1, 0.15) is 11.3 Å². The zero-order chi connectivity index (χ0) is 17.9. The smallest absolute Gasteiger partial charge is 0.0726 e. The lowest BCUT2D eigenvalue weighted by atomic mass is 10.1. The van der Waals surface area contributed by atoms with Crippen LogP contribution in [0.5, 0.6) is 0 Å². The lowest BCUT2D eigenvalue weighted by Crippen LogP contribution is -1.95. The van der Waals surface area contributed by atoms with Gasteiger partial charge in [0.15, 0.2) is 0 Å². The highest BCUT2D eigenvalue weighted by molar-refractivity contribution is 7.99. The Morgan fingerprint density at radius 3 is 2.46 bits per heavy atom. The first-order chi connectivity index (χ1) is 12.7. The number of rotatable bonds is 4. The molecule has 4 aromatic rings. The van der Waals surface area contributed by atoms with Crippen molar-refractivity contribution in [2.24, 2.45) is 0 Å². The van der Waals surface area contributed by atoms with Gasteiger partial charge >= 0.3 is 0 Å². The summed E-state index contributed by atoms with van der Waals surface area (Å²) in [5, 5.41) is 4.77. The fourth-order valence-electron chi connectivity index (χ4n) is 2.96. The number of benzene rings is 3. The molecule has 1 aromatic heterocycles. The predicted molar refractivity (Wildman–Crippen MR) is 112 cm³/mol. The number of anilines is 2. The van der Waals surface area contributed by atoms with Crippen LogP contribution in [0, 0.1) is 13.8 Å². The number of hydrogen-bond donors (Lipinski definition) is 1. The zero-order valence-corrected chi connectivity index (χ0v) is 15.7. The van der Waals surface area contributed by atoms with Gasteiger partial charge in [-0.1, -0.05) is 42.1 Å². The molecule has 0 aliphatic rings. The van der Waals surface area contributed by atoms with E-state index in [4.69, 9.17) is 0 Å². The van der Waals surface area contributed by atoms with E-state index in [1.54, 1.807) is 11.8 Å². The van der Waals surface area contributed by atoms with E-state index in [9.17, 15) is 0 Å². The minimum atomic E-state index is 1.01. The SMILES string of the molecule is Cc1ccc(Sc2ccccc2)c(Nc2cccc3nc(C)ccc23)c1. The Morgan fingerprint density at radius 2 is 1.62 bits per heavy atom. The van der Waals surface area contributed by atoms with Crippen molar-refractivity contribution in [1.82, 2.24) is 4.98 Å². The normalized spacial score (nSPS) is 10.8. The average Bonchev–Trinajstić information content (AvgIpc) is 2.65. The summed E-state index contributed by atoms with van der Waals surface area (Å²) in [6.45, 7) is 4.14. The summed E-state index contributed by atoms with van der Waals surface area (Å²) in [5.74, 6) is 0. The topological polar surface area (TPSA) is 24.9 Å². The number of fused-ring (bicyclic) bond motifs is 1. The number of pyridine rings is 1. The van der Waals surface area contributed by atoms with Crippen LogP contribution in [0.2, 0.25) is 0 Å². The van der Waals surface area contributed by atoms with Gasteiger partial charge in [0.25, 0.3) is 0 Å². The van der Waals surface area contributed by atoms with Gasteiger partial charge in [0.05, 0.1) is 11.2 Å². The first-order valence-corrected chi connectivity index (χ1v) is 9.48. The van der Waals surface area contributed by atoms with E-state index >= 15 is 0 Å². The highest BCUT2D eigenvalue weighted by Gasteiger charge is 2.08. The molecule has 26 heavy (non-hydrogen) atoms. The Kier molecular flexibility index (Phi) is 4.63. The molecule has 128 valence electrons. The van der Waals surface area contributed by atoms with Crippen molar-refractivity contribution in [3.8, 4) is 0 Å². The molecule has 0 fully saturated rings. The summed E-state index contributed by atoms with van der Waals surface area (Å²) < 4.78 is 0. The molecule has 0 saturated heterocycles. The van der Waals surface area contributed by atoms with Crippen molar-refractivity contribution in [2.45, 2.75) is 23.6 Å². The van der Waals surface area contributed by atoms with Crippen molar-refractivity contribution in [3.63, 3.8) is 0 Å². The van der Waals surface area contributed by atoms with Gasteiger partial charge in [-0.3, -0.25) is 4.98 Å². The molecule has 0 atom stereocenters. The molecule has 4 rings (SSSR count). The molecule has 0 saturated carbocycles. The third-order valence-corrected chi connectivity index (χ3v) is 5.33. The summed E-state index contributed by atoms with van der Waals surface area (Å²) in [7, 11) is 0. The van der Waals surface area contributed by atoms with E-state index in [-0.39, 0.29) is 0 Å². The minimum absolute atomic E-state index is 1.01. The Labute approximate surface area is 158 Å². The largest absolute Gasteiger partial charge is 0.354 e. The second-order valence-electron chi connectivity index (χ2n) is 6.36. The molecular formula is C23H20N2S. The molecule has 0 unspecified atom stereocenters. The van der Waals surface area contributed by atoms with E-state index in [0.29, 0.717) is 0 Å². The van der Waals surface area contributed by atoms with Crippen LogP contribution in [0.4, 0.5) is 11.4 Å². The van der Waals surface area contributed by atoms with Gasteiger partial charge in [0.1, 0.15) is 0 Å². The maximum atomic E-state index is 4.64. The van der Waals surface area contributed by atoms with Crippen LogP contribution in [-0.2, 0) is 0 Å². The second kappa shape index (κ2) is 7.22. The van der Waals surface area contributed by atoms with Gasteiger partial charge in [-0.2, -0.15) is 0 Å². The molecule has 0 aliphatic heterocycles. The monoisotopic (exact) mass is 356 g/mol. The lowest BCUT2D eigenvalue weighted by molar-refractivity contribution is 1.25. The van der Waals surface area contributed by atoms with Crippen LogP contribution in [-0.4, -0.2) is 4.98 Å². The Morgan fingerprint density at radius 1 is 0.769 bits per heavy atom. The summed E-state index contributed by atoms with van der Waals surface area (Å²) in [6.07, 6.45) is 0. The summed E-state index contributed by atoms with van der Waals surface area (Å²) in [5.41, 5.74) is 5.48. The zero-order valence-electron chi connectivity index (χ0n) is 14.9. The van der Waals surface area contributed by atoms with Crippen LogP contribution in [0.15, 0.2) is 88.7 Å². The van der Waals surface area contributed by atoms with Gasteiger partial charge < -0.3 is 5.32 Å². The lowest BCUT2D eigenvalue weighted by Gasteiger charge is -2.14. The summed E-state index contributed by atoms with van der Waals surface area (Å²) in [4.78, 5) is 7.08. The molecule has 3 aromatic carbocycles. The highest BCUT2D eigenvalue weighted by atomic mass is 32.2. The Balaban J connectivity index is 1.73. The molecule has 0 aliphatic carbocycles. The van der Waals surface area contributed by atoms with E-state index in [2.05, 4.69) is 90.0 Å². The third kappa shape index (κ3) is 3.58. The van der Waals surface area contributed by atoms with Gasteiger partial charge in [-0.25, -0.2) is 0 Å². The van der Waals surface area contributed by atoms with Crippen molar-refractivity contribution in [2.75, 3.05) is 5.32 Å². The molecule has 3 heteroatoms. The summed E-state index contributed by atoms with van der Waals surface area (Å²) >= 11 is 1.77. The van der Waals surface area contributed by atoms with E-state index in [1.807, 2.05) is 13.0 Å². The second-order valence-corrected chi connectivity index (χ2v) is 7.48. The average molecular weight is 356 g/mol. The number of nitrogens with one attached hydrogen (secondary N) is 1. The first kappa shape index (κ1) is 16.7. The Hall–Kier alpha value is -2.78. The van der Waals surface area contributed by atoms with Crippen molar-refractivity contribution in [1.29, 1.82) is 0 Å². The number of aryl methyl sites for hydroxylation is 2. The van der Waals surface area contributed by atoms with Crippen LogP contribution in [0.3, 0.4) is 0 Å². The molecular weight excluding hydrogens is 336 g/mol. The quantitative estimate of drug-likeness (QED) is 0.438. The Bertz CT molecular complexity index is 1060. The van der Waals surface area contributed by atoms with Gasteiger partial charge in [-0.05, 0) is 67.9 Å². The van der Waals surface area contributed by atoms with Crippen molar-refractivity contribution < 1.29 is 0 Å². The standard InChI is InChI=1S/C23H20N2S/c1-16-11-14-23(26-18-7-4-3-5-8-18)22(15-16)25-21-10-6-9-20-19(21)13-12-17(2)24-20/h3-15,25H,1-2H3. The van der Waals surface area contributed by atoms with Crippen LogP contribution in [0.25, 0.3) is 10.9 Å². The molecule has 0 spiro atoms. The van der Waals surface area contributed by atoms with Crippen molar-refractivity contribution >= 4 is 34.0 Å². The first-order valence-electron chi connectivity index (χ1n) is 8.66. The number of nitrogens with zero attached hydrogens (tertiary/aromatic N) is 1. The van der Waals surface area contributed by atoms with Crippen LogP contribution < -0.4 is 5.32 Å². The molecule has 1 N–H and O–H groups in total. The highest BCUT2D eigenvalue weighted by Crippen LogP contribution is 2.36. The van der Waals surface area contributed by atoms with Gasteiger partial charge in [-0.15, -0.1) is 0 Å². The van der Waals surface area contributed by atoms with Crippen LogP contribution >= 0.6 is 11.8 Å². The van der Waals surface area contributed by atoms with E-state index < -0.39 is 0 Å². The fraction of sp³-hybridized carbons (Fsp3) is 0.0870. The third-order valence-electron chi connectivity index (χ3n) is 4.25. The predicted octanol–water partition coefficient (Wildman–Crippen LogP) is 6.75. The molecule has 2 nitrogen and oxygen atoms in total. The minimum Gasteiger partial charge on any atom is -0.354 e. The summed E-state index contributed by atoms with van der Waals surface area (Å²) in [6, 6.07) is 27.4. The van der Waals surface area contributed by atoms with E-state index in [0.717, 1.165) is 28.0 Å². The fourth-order valence-corrected chi connectivity index (χ4v) is 3.86. The molecule has 0 amide bonds. The molecule has 0 bridgehead atoms. The van der Waals surface area contributed by atoms with Gasteiger partial charge in [0, 0.05) is 26.6 Å². The maximum absolute atomic E-state index is 4.64.